The van der Waals surface area contributed by atoms with Crippen LogP contribution in [-0.2, 0) is 0 Å². The molecule has 3 N–H and O–H groups in total. The molecule has 1 heterocycles. The monoisotopic (exact) mass is 347 g/mol. The Labute approximate surface area is 130 Å². The molecule has 0 atom stereocenters. The molecule has 1 aromatic heterocycles. The SMILES string of the molecule is COc1ccc(-c2nc3c(N)cc(Br)cc3[nH]2)c(OC)c1. The fourth-order valence-corrected chi connectivity index (χ4v) is 2.70. The van der Waals surface area contributed by atoms with Gasteiger partial charge < -0.3 is 20.2 Å². The Morgan fingerprint density at radius 2 is 1.95 bits per heavy atom. The molecule has 0 aliphatic heterocycles. The smallest absolute Gasteiger partial charge is 0.142 e. The summed E-state index contributed by atoms with van der Waals surface area (Å²) in [5.41, 5.74) is 9.08. The standard InChI is InChI=1S/C15H14BrN3O2/c1-20-9-3-4-10(13(7-9)21-2)15-18-12-6-8(16)5-11(17)14(12)19-15/h3-7H,17H2,1-2H3,(H,18,19). The van der Waals surface area contributed by atoms with E-state index in [0.717, 1.165) is 26.8 Å². The van der Waals surface area contributed by atoms with Crippen molar-refractivity contribution in [1.82, 2.24) is 9.97 Å². The number of nitrogens with one attached hydrogen (secondary N) is 1. The third kappa shape index (κ3) is 2.42. The lowest BCUT2D eigenvalue weighted by Crippen LogP contribution is -1.91. The van der Waals surface area contributed by atoms with E-state index in [0.29, 0.717) is 17.3 Å². The molecule has 0 saturated carbocycles. The lowest BCUT2D eigenvalue weighted by atomic mass is 10.2. The number of hydrogen-bond acceptors (Lipinski definition) is 4. The van der Waals surface area contributed by atoms with Gasteiger partial charge in [-0.05, 0) is 24.3 Å². The van der Waals surface area contributed by atoms with Gasteiger partial charge in [0.1, 0.15) is 22.8 Å². The number of aromatic amines is 1. The van der Waals surface area contributed by atoms with Crippen LogP contribution in [0.25, 0.3) is 22.4 Å². The first kappa shape index (κ1) is 13.8. The minimum Gasteiger partial charge on any atom is -0.497 e. The zero-order valence-electron chi connectivity index (χ0n) is 11.6. The number of nitrogen functional groups attached to an aromatic ring is 1. The molecule has 6 heteroatoms. The Balaban J connectivity index is 2.18. The summed E-state index contributed by atoms with van der Waals surface area (Å²) in [5.74, 6) is 2.12. The Morgan fingerprint density at radius 3 is 2.67 bits per heavy atom. The molecule has 0 aliphatic rings. The van der Waals surface area contributed by atoms with Crippen LogP contribution in [0.15, 0.2) is 34.8 Å². The van der Waals surface area contributed by atoms with Gasteiger partial charge in [-0.2, -0.15) is 0 Å². The van der Waals surface area contributed by atoms with E-state index in [-0.39, 0.29) is 0 Å². The van der Waals surface area contributed by atoms with E-state index in [4.69, 9.17) is 15.2 Å². The number of rotatable bonds is 3. The van der Waals surface area contributed by atoms with Crippen LogP contribution in [0.5, 0.6) is 11.5 Å². The molecule has 0 unspecified atom stereocenters. The highest BCUT2D eigenvalue weighted by molar-refractivity contribution is 9.10. The molecule has 0 bridgehead atoms. The molecule has 0 radical (unpaired) electrons. The Hall–Kier alpha value is -2.21. The van der Waals surface area contributed by atoms with Crippen LogP contribution in [-0.4, -0.2) is 24.2 Å². The van der Waals surface area contributed by atoms with Crippen molar-refractivity contribution in [3.63, 3.8) is 0 Å². The molecule has 3 rings (SSSR count). The molecular formula is C15H14BrN3O2. The second-order valence-corrected chi connectivity index (χ2v) is 5.46. The van der Waals surface area contributed by atoms with E-state index >= 15 is 0 Å². The molecule has 2 aromatic carbocycles. The first-order valence-electron chi connectivity index (χ1n) is 6.29. The molecule has 0 aliphatic carbocycles. The minimum absolute atomic E-state index is 0.620. The minimum atomic E-state index is 0.620. The molecule has 0 amide bonds. The summed E-state index contributed by atoms with van der Waals surface area (Å²) < 4.78 is 11.5. The molecule has 0 fully saturated rings. The van der Waals surface area contributed by atoms with Crippen molar-refractivity contribution in [2.24, 2.45) is 0 Å². The van der Waals surface area contributed by atoms with Crippen molar-refractivity contribution in [2.75, 3.05) is 20.0 Å². The molecule has 21 heavy (non-hydrogen) atoms. The van der Waals surface area contributed by atoms with Gasteiger partial charge in [0, 0.05) is 10.5 Å². The topological polar surface area (TPSA) is 73.2 Å². The summed E-state index contributed by atoms with van der Waals surface area (Å²) in [6.45, 7) is 0. The van der Waals surface area contributed by atoms with Crippen LogP contribution < -0.4 is 15.2 Å². The summed E-state index contributed by atoms with van der Waals surface area (Å²) in [6, 6.07) is 9.36. The van der Waals surface area contributed by atoms with Crippen molar-refractivity contribution in [3.05, 3.63) is 34.8 Å². The number of ether oxygens (including phenoxy) is 2. The van der Waals surface area contributed by atoms with Gasteiger partial charge in [-0.25, -0.2) is 4.98 Å². The van der Waals surface area contributed by atoms with Crippen molar-refractivity contribution >= 4 is 32.7 Å². The third-order valence-electron chi connectivity index (χ3n) is 3.24. The Morgan fingerprint density at radius 1 is 1.14 bits per heavy atom. The van der Waals surface area contributed by atoms with Crippen LogP contribution in [0, 0.1) is 0 Å². The molecule has 3 aromatic rings. The highest BCUT2D eigenvalue weighted by Gasteiger charge is 2.13. The van der Waals surface area contributed by atoms with Gasteiger partial charge in [0.25, 0.3) is 0 Å². The van der Waals surface area contributed by atoms with Crippen molar-refractivity contribution < 1.29 is 9.47 Å². The number of imidazole rings is 1. The number of H-pyrrole nitrogens is 1. The Kier molecular flexibility index (Phi) is 3.47. The summed E-state index contributed by atoms with van der Waals surface area (Å²) in [7, 11) is 3.24. The number of methoxy groups -OCH3 is 2. The summed E-state index contributed by atoms with van der Waals surface area (Å²) in [5, 5.41) is 0. The predicted molar refractivity (Wildman–Crippen MR) is 86.7 cm³/mol. The van der Waals surface area contributed by atoms with Gasteiger partial charge in [0.15, 0.2) is 0 Å². The second kappa shape index (κ2) is 5.29. The first-order chi connectivity index (χ1) is 10.1. The largest absolute Gasteiger partial charge is 0.497 e. The second-order valence-electron chi connectivity index (χ2n) is 4.54. The van der Waals surface area contributed by atoms with E-state index in [9.17, 15) is 0 Å². The Bertz CT molecular complexity index is 814. The molecule has 5 nitrogen and oxygen atoms in total. The molecule has 0 spiro atoms. The molecule has 0 saturated heterocycles. The molecular weight excluding hydrogens is 334 g/mol. The molecule has 108 valence electrons. The third-order valence-corrected chi connectivity index (χ3v) is 3.70. The van der Waals surface area contributed by atoms with Gasteiger partial charge in [-0.1, -0.05) is 15.9 Å². The fourth-order valence-electron chi connectivity index (χ4n) is 2.23. The lowest BCUT2D eigenvalue weighted by molar-refractivity contribution is 0.395. The van der Waals surface area contributed by atoms with Crippen LogP contribution in [0.1, 0.15) is 0 Å². The fraction of sp³-hybridized carbons (Fsp3) is 0.133. The van der Waals surface area contributed by atoms with Gasteiger partial charge in [-0.3, -0.25) is 0 Å². The number of halogens is 1. The lowest BCUT2D eigenvalue weighted by Gasteiger charge is -2.08. The van der Waals surface area contributed by atoms with Crippen molar-refractivity contribution in [1.29, 1.82) is 0 Å². The summed E-state index contributed by atoms with van der Waals surface area (Å²) >= 11 is 3.43. The zero-order valence-corrected chi connectivity index (χ0v) is 13.2. The van der Waals surface area contributed by atoms with Crippen LogP contribution in [0.3, 0.4) is 0 Å². The summed E-state index contributed by atoms with van der Waals surface area (Å²) in [4.78, 5) is 7.83. The van der Waals surface area contributed by atoms with Crippen LogP contribution in [0.4, 0.5) is 5.69 Å². The first-order valence-corrected chi connectivity index (χ1v) is 7.09. The number of anilines is 1. The van der Waals surface area contributed by atoms with E-state index in [2.05, 4.69) is 25.9 Å². The average Bonchev–Trinajstić information content (AvgIpc) is 2.90. The predicted octanol–water partition coefficient (Wildman–Crippen LogP) is 3.59. The highest BCUT2D eigenvalue weighted by atomic mass is 79.9. The van der Waals surface area contributed by atoms with Crippen molar-refractivity contribution in [3.8, 4) is 22.9 Å². The maximum absolute atomic E-state index is 6.00. The van der Waals surface area contributed by atoms with E-state index in [1.807, 2.05) is 30.3 Å². The van der Waals surface area contributed by atoms with Crippen LogP contribution >= 0.6 is 15.9 Å². The van der Waals surface area contributed by atoms with Gasteiger partial charge in [0.05, 0.1) is 31.0 Å². The van der Waals surface area contributed by atoms with Gasteiger partial charge in [-0.15, -0.1) is 0 Å². The number of hydrogen-bond donors (Lipinski definition) is 2. The normalized spacial score (nSPS) is 10.8. The quantitative estimate of drug-likeness (QED) is 0.710. The van der Waals surface area contributed by atoms with Crippen LogP contribution in [0.2, 0.25) is 0 Å². The maximum atomic E-state index is 6.00. The zero-order chi connectivity index (χ0) is 15.0. The number of benzene rings is 2. The van der Waals surface area contributed by atoms with E-state index < -0.39 is 0 Å². The van der Waals surface area contributed by atoms with E-state index in [1.165, 1.54) is 0 Å². The van der Waals surface area contributed by atoms with Gasteiger partial charge >= 0.3 is 0 Å². The number of fused-ring (bicyclic) bond motifs is 1. The number of aromatic nitrogens is 2. The average molecular weight is 348 g/mol. The highest BCUT2D eigenvalue weighted by Crippen LogP contribution is 2.34. The number of nitrogens with zero attached hydrogens (tertiary/aromatic N) is 1. The van der Waals surface area contributed by atoms with E-state index in [1.54, 1.807) is 14.2 Å². The number of nitrogens with two attached hydrogens (primary N) is 1. The maximum Gasteiger partial charge on any atom is 0.142 e. The van der Waals surface area contributed by atoms with Gasteiger partial charge in [0.2, 0.25) is 0 Å². The summed E-state index contributed by atoms with van der Waals surface area (Å²) in [6.07, 6.45) is 0. The van der Waals surface area contributed by atoms with Crippen molar-refractivity contribution in [2.45, 2.75) is 0 Å².